The smallest absolute Gasteiger partial charge is 0.308 e. The summed E-state index contributed by atoms with van der Waals surface area (Å²) in [6.07, 6.45) is 10.4. The van der Waals surface area contributed by atoms with Crippen LogP contribution in [-0.2, 0) is 9.59 Å². The van der Waals surface area contributed by atoms with Crippen LogP contribution in [0, 0.1) is 11.8 Å². The van der Waals surface area contributed by atoms with E-state index in [0.717, 1.165) is 25.7 Å². The molecular weight excluding hydrogens is 312 g/mol. The third-order valence-corrected chi connectivity index (χ3v) is 4.84. The molecule has 0 amide bonds. The van der Waals surface area contributed by atoms with Gasteiger partial charge in [0.25, 0.3) is 0 Å². The molecule has 8 nitrogen and oxygen atoms in total. The average molecular weight is 332 g/mol. The number of carboxylic acids is 2. The first kappa shape index (κ1) is 16.2. The fourth-order valence-electron chi connectivity index (χ4n) is 3.13. The Morgan fingerprint density at radius 3 is 1.42 bits per heavy atom. The molecular formula is C16H20N4O4. The quantitative estimate of drug-likeness (QED) is 0.884. The van der Waals surface area contributed by atoms with Gasteiger partial charge in [-0.2, -0.15) is 10.2 Å². The molecule has 24 heavy (non-hydrogen) atoms. The van der Waals surface area contributed by atoms with E-state index >= 15 is 0 Å². The van der Waals surface area contributed by atoms with Crippen LogP contribution in [0.15, 0.2) is 36.9 Å². The van der Waals surface area contributed by atoms with Crippen molar-refractivity contribution in [1.29, 1.82) is 0 Å². The Labute approximate surface area is 138 Å². The Morgan fingerprint density at radius 2 is 1.21 bits per heavy atom. The van der Waals surface area contributed by atoms with E-state index in [-0.39, 0.29) is 23.9 Å². The van der Waals surface area contributed by atoms with E-state index in [1.54, 1.807) is 21.8 Å². The summed E-state index contributed by atoms with van der Waals surface area (Å²) in [5.74, 6) is -1.88. The van der Waals surface area contributed by atoms with Gasteiger partial charge in [0.2, 0.25) is 0 Å². The lowest BCUT2D eigenvalue weighted by atomic mass is 9.80. The maximum absolute atomic E-state index is 10.6. The van der Waals surface area contributed by atoms with Crippen molar-refractivity contribution in [1.82, 2.24) is 19.6 Å². The molecule has 4 atom stereocenters. The highest BCUT2D eigenvalue weighted by Gasteiger charge is 2.38. The molecule has 2 heterocycles. The monoisotopic (exact) mass is 332 g/mol. The van der Waals surface area contributed by atoms with E-state index < -0.39 is 11.9 Å². The van der Waals surface area contributed by atoms with E-state index in [2.05, 4.69) is 10.2 Å². The predicted molar refractivity (Wildman–Crippen MR) is 83.2 cm³/mol. The van der Waals surface area contributed by atoms with E-state index in [1.807, 2.05) is 24.5 Å². The molecule has 0 bridgehead atoms. The number of hydrogen-bond acceptors (Lipinski definition) is 4. The minimum Gasteiger partial charge on any atom is -0.481 e. The number of carbonyl (C=O) groups is 2. The fraction of sp³-hybridized carbons (Fsp3) is 0.500. The van der Waals surface area contributed by atoms with Crippen LogP contribution in [0.4, 0.5) is 0 Å². The molecule has 2 saturated carbocycles. The summed E-state index contributed by atoms with van der Waals surface area (Å²) in [5, 5.41) is 25.6. The lowest BCUT2D eigenvalue weighted by Crippen LogP contribution is -2.35. The summed E-state index contributed by atoms with van der Waals surface area (Å²) in [7, 11) is 0. The van der Waals surface area contributed by atoms with E-state index in [0.29, 0.717) is 0 Å². The van der Waals surface area contributed by atoms with Crippen LogP contribution >= 0.6 is 0 Å². The Bertz CT molecular complexity index is 623. The highest BCUT2D eigenvalue weighted by atomic mass is 16.4. The first-order valence-corrected chi connectivity index (χ1v) is 8.01. The van der Waals surface area contributed by atoms with Gasteiger partial charge in [0.15, 0.2) is 0 Å². The van der Waals surface area contributed by atoms with Gasteiger partial charge in [0.1, 0.15) is 0 Å². The molecule has 2 aliphatic rings. The number of nitrogens with zero attached hydrogens (tertiary/aromatic N) is 4. The molecule has 0 spiro atoms. The molecule has 128 valence electrons. The molecule has 2 aromatic heterocycles. The van der Waals surface area contributed by atoms with Crippen LogP contribution in [0.25, 0.3) is 0 Å². The molecule has 2 N–H and O–H groups in total. The predicted octanol–water partition coefficient (Wildman–Crippen LogP) is 1.84. The second-order valence-corrected chi connectivity index (χ2v) is 6.15. The Morgan fingerprint density at radius 1 is 0.792 bits per heavy atom. The van der Waals surface area contributed by atoms with Crippen molar-refractivity contribution in [3.05, 3.63) is 36.9 Å². The second-order valence-electron chi connectivity index (χ2n) is 6.15. The van der Waals surface area contributed by atoms with Gasteiger partial charge in [-0.3, -0.25) is 19.0 Å². The van der Waals surface area contributed by atoms with Gasteiger partial charge in [-0.25, -0.2) is 0 Å². The minimum atomic E-state index is -0.707. The highest BCUT2D eigenvalue weighted by molar-refractivity contribution is 5.72. The third-order valence-electron chi connectivity index (χ3n) is 4.84. The Balaban J connectivity index is 0.000000141. The highest BCUT2D eigenvalue weighted by Crippen LogP contribution is 2.38. The van der Waals surface area contributed by atoms with Crippen molar-refractivity contribution in [3.63, 3.8) is 0 Å². The van der Waals surface area contributed by atoms with Gasteiger partial charge in [-0.15, -0.1) is 0 Å². The van der Waals surface area contributed by atoms with Gasteiger partial charge >= 0.3 is 11.9 Å². The molecule has 2 fully saturated rings. The Kier molecular flexibility index (Phi) is 4.64. The van der Waals surface area contributed by atoms with E-state index in [4.69, 9.17) is 10.2 Å². The SMILES string of the molecule is O=C(O)[C@@H]1CC[C@H]1n1cccn1.O=C(O)[C@H]1CC[C@@H]1n1cccn1. The molecule has 2 aliphatic carbocycles. The summed E-state index contributed by atoms with van der Waals surface area (Å²) in [5.41, 5.74) is 0. The summed E-state index contributed by atoms with van der Waals surface area (Å²) in [4.78, 5) is 21.3. The minimum absolute atomic E-state index is 0.0810. The largest absolute Gasteiger partial charge is 0.481 e. The normalized spacial score (nSPS) is 28.0. The molecule has 0 aromatic carbocycles. The van der Waals surface area contributed by atoms with Crippen molar-refractivity contribution < 1.29 is 19.8 Å². The lowest BCUT2D eigenvalue weighted by molar-refractivity contribution is -0.148. The van der Waals surface area contributed by atoms with Gasteiger partial charge in [-0.1, -0.05) is 0 Å². The van der Waals surface area contributed by atoms with Gasteiger partial charge in [-0.05, 0) is 37.8 Å². The van der Waals surface area contributed by atoms with Gasteiger partial charge in [0, 0.05) is 24.8 Å². The zero-order valence-electron chi connectivity index (χ0n) is 13.1. The number of aliphatic carboxylic acids is 2. The molecule has 8 heteroatoms. The number of aromatic nitrogens is 4. The second kappa shape index (κ2) is 6.86. The molecule has 0 aliphatic heterocycles. The van der Waals surface area contributed by atoms with Crippen molar-refractivity contribution >= 4 is 11.9 Å². The summed E-state index contributed by atoms with van der Waals surface area (Å²) in [6.45, 7) is 0. The molecule has 2 aromatic rings. The van der Waals surface area contributed by atoms with Gasteiger partial charge in [0.05, 0.1) is 23.9 Å². The Hall–Kier alpha value is -2.64. The first-order valence-electron chi connectivity index (χ1n) is 8.01. The van der Waals surface area contributed by atoms with E-state index in [1.165, 1.54) is 0 Å². The van der Waals surface area contributed by atoms with E-state index in [9.17, 15) is 9.59 Å². The molecule has 0 saturated heterocycles. The van der Waals surface area contributed by atoms with Crippen LogP contribution in [-0.4, -0.2) is 41.7 Å². The van der Waals surface area contributed by atoms with Crippen LogP contribution in [0.3, 0.4) is 0 Å². The summed E-state index contributed by atoms with van der Waals surface area (Å²) >= 11 is 0. The number of carboxylic acid groups (broad SMARTS) is 2. The summed E-state index contributed by atoms with van der Waals surface area (Å²) < 4.78 is 3.48. The van der Waals surface area contributed by atoms with Crippen LogP contribution < -0.4 is 0 Å². The molecule has 4 rings (SSSR count). The van der Waals surface area contributed by atoms with Gasteiger partial charge < -0.3 is 10.2 Å². The fourth-order valence-corrected chi connectivity index (χ4v) is 3.13. The maximum Gasteiger partial charge on any atom is 0.308 e. The molecule has 0 unspecified atom stereocenters. The third kappa shape index (κ3) is 3.17. The molecule has 0 radical (unpaired) electrons. The topological polar surface area (TPSA) is 110 Å². The lowest BCUT2D eigenvalue weighted by Gasteiger charge is -2.33. The van der Waals surface area contributed by atoms with Crippen LogP contribution in [0.5, 0.6) is 0 Å². The zero-order valence-corrected chi connectivity index (χ0v) is 13.1. The van der Waals surface area contributed by atoms with Crippen molar-refractivity contribution in [2.24, 2.45) is 11.8 Å². The standard InChI is InChI=1S/2C8H10N2O2/c2*11-8(12)6-2-3-7(6)10-5-1-4-9-10/h2*1,4-7H,2-3H2,(H,11,12)/t2*6-,7-/m10/s1. The van der Waals surface area contributed by atoms with Crippen molar-refractivity contribution in [2.75, 3.05) is 0 Å². The van der Waals surface area contributed by atoms with Crippen LogP contribution in [0.1, 0.15) is 37.8 Å². The average Bonchev–Trinajstić information content (AvgIpc) is 3.09. The summed E-state index contributed by atoms with van der Waals surface area (Å²) in [6, 6.07) is 3.80. The number of hydrogen-bond donors (Lipinski definition) is 2. The first-order chi connectivity index (χ1) is 11.6. The maximum atomic E-state index is 10.6. The van der Waals surface area contributed by atoms with Crippen molar-refractivity contribution in [3.8, 4) is 0 Å². The van der Waals surface area contributed by atoms with Crippen LogP contribution in [0.2, 0.25) is 0 Å². The van der Waals surface area contributed by atoms with Crippen molar-refractivity contribution in [2.45, 2.75) is 37.8 Å². The number of rotatable bonds is 4. The zero-order chi connectivity index (χ0) is 17.1.